The molecule has 1 fully saturated rings. The van der Waals surface area contributed by atoms with Crippen molar-refractivity contribution in [3.8, 4) is 23.0 Å². The quantitative estimate of drug-likeness (QED) is 0.456. The molecule has 1 aliphatic heterocycles. The average molecular weight is 431 g/mol. The Morgan fingerprint density at radius 3 is 2.52 bits per heavy atom. The van der Waals surface area contributed by atoms with Crippen molar-refractivity contribution < 1.29 is 29.9 Å². The van der Waals surface area contributed by atoms with Crippen molar-refractivity contribution in [2.45, 2.75) is 70.7 Å². The summed E-state index contributed by atoms with van der Waals surface area (Å²) < 4.78 is 11.4. The molecule has 2 aromatic carbocycles. The minimum atomic E-state index is -0.507. The van der Waals surface area contributed by atoms with Gasteiger partial charge in [0.05, 0.1) is 25.4 Å². The molecule has 170 valence electrons. The maximum atomic E-state index is 10.4. The van der Waals surface area contributed by atoms with Crippen molar-refractivity contribution in [2.75, 3.05) is 7.11 Å². The second kappa shape index (κ2) is 10.2. The Labute approximate surface area is 184 Å². The number of hydrogen-bond acceptors (Lipinski definition) is 6. The molecule has 6 nitrogen and oxygen atoms in total. The smallest absolute Gasteiger partial charge is 0.200 e. The molecule has 31 heavy (non-hydrogen) atoms. The summed E-state index contributed by atoms with van der Waals surface area (Å²) in [6, 6.07) is 8.86. The van der Waals surface area contributed by atoms with E-state index < -0.39 is 12.2 Å². The standard InChI is InChI=1S/C25H34O6/c1-15(2)4-7-17-10-16(6-9-21(17)27)5-8-20-13-19(26)14-23(31-20)18-11-22(28)25(29)24(12-18)30-3/h6,9-12,15,19-20,23,26-29H,4-5,7-8,13-14H2,1-3H3. The van der Waals surface area contributed by atoms with Crippen LogP contribution in [0, 0.1) is 5.92 Å². The van der Waals surface area contributed by atoms with Crippen molar-refractivity contribution in [2.24, 2.45) is 5.92 Å². The van der Waals surface area contributed by atoms with E-state index in [0.29, 0.717) is 30.1 Å². The number of phenolic OH excluding ortho intramolecular Hbond substituents is 3. The Hall–Kier alpha value is -2.44. The highest BCUT2D eigenvalue weighted by molar-refractivity contribution is 5.52. The van der Waals surface area contributed by atoms with Crippen molar-refractivity contribution in [3.63, 3.8) is 0 Å². The van der Waals surface area contributed by atoms with Gasteiger partial charge in [-0.3, -0.25) is 0 Å². The lowest BCUT2D eigenvalue weighted by Crippen LogP contribution is -2.31. The third-order valence-electron chi connectivity index (χ3n) is 5.94. The van der Waals surface area contributed by atoms with Crippen LogP contribution >= 0.6 is 0 Å². The summed E-state index contributed by atoms with van der Waals surface area (Å²) in [6.45, 7) is 4.35. The molecule has 1 heterocycles. The second-order valence-corrected chi connectivity index (χ2v) is 8.90. The summed E-state index contributed by atoms with van der Waals surface area (Å²) in [5.41, 5.74) is 2.78. The van der Waals surface area contributed by atoms with Crippen LogP contribution in [0.25, 0.3) is 0 Å². The number of ether oxygens (including phenoxy) is 2. The first-order valence-corrected chi connectivity index (χ1v) is 11.0. The molecule has 3 rings (SSSR count). The third kappa shape index (κ3) is 6.05. The predicted octanol–water partition coefficient (Wildman–Crippen LogP) is 4.61. The zero-order chi connectivity index (χ0) is 22.5. The zero-order valence-electron chi connectivity index (χ0n) is 18.5. The molecule has 0 bridgehead atoms. The number of phenols is 3. The second-order valence-electron chi connectivity index (χ2n) is 8.90. The van der Waals surface area contributed by atoms with Crippen molar-refractivity contribution >= 4 is 0 Å². The monoisotopic (exact) mass is 430 g/mol. The van der Waals surface area contributed by atoms with Crippen LogP contribution in [-0.4, -0.2) is 39.7 Å². The van der Waals surface area contributed by atoms with E-state index in [1.807, 2.05) is 6.07 Å². The van der Waals surface area contributed by atoms with Crippen LogP contribution < -0.4 is 4.74 Å². The molecule has 0 amide bonds. The number of aliphatic hydroxyl groups excluding tert-OH is 1. The number of benzene rings is 2. The number of aryl methyl sites for hydroxylation is 2. The molecule has 0 saturated carbocycles. The average Bonchev–Trinajstić information content (AvgIpc) is 2.73. The van der Waals surface area contributed by atoms with Crippen molar-refractivity contribution in [1.82, 2.24) is 0 Å². The summed E-state index contributed by atoms with van der Waals surface area (Å²) in [4.78, 5) is 0. The third-order valence-corrected chi connectivity index (χ3v) is 5.94. The molecule has 3 atom stereocenters. The van der Waals surface area contributed by atoms with Gasteiger partial charge in [-0.25, -0.2) is 0 Å². The Morgan fingerprint density at radius 1 is 1.03 bits per heavy atom. The van der Waals surface area contributed by atoms with Gasteiger partial charge in [-0.1, -0.05) is 26.0 Å². The van der Waals surface area contributed by atoms with Gasteiger partial charge in [-0.05, 0) is 72.9 Å². The van der Waals surface area contributed by atoms with Gasteiger partial charge < -0.3 is 29.9 Å². The number of hydrogen-bond donors (Lipinski definition) is 4. The van der Waals surface area contributed by atoms with E-state index in [9.17, 15) is 20.4 Å². The van der Waals surface area contributed by atoms with Crippen LogP contribution in [-0.2, 0) is 17.6 Å². The summed E-state index contributed by atoms with van der Waals surface area (Å²) in [5, 5.41) is 40.4. The number of aromatic hydroxyl groups is 3. The highest BCUT2D eigenvalue weighted by atomic mass is 16.5. The molecule has 3 unspecified atom stereocenters. The van der Waals surface area contributed by atoms with E-state index in [1.54, 1.807) is 12.1 Å². The Bertz CT molecular complexity index is 879. The fourth-order valence-electron chi connectivity index (χ4n) is 4.11. The zero-order valence-corrected chi connectivity index (χ0v) is 18.5. The number of aliphatic hydroxyl groups is 1. The lowest BCUT2D eigenvalue weighted by molar-refractivity contribution is -0.0999. The Balaban J connectivity index is 1.66. The summed E-state index contributed by atoms with van der Waals surface area (Å²) in [7, 11) is 1.42. The van der Waals surface area contributed by atoms with Gasteiger partial charge in [0.25, 0.3) is 0 Å². The van der Waals surface area contributed by atoms with Gasteiger partial charge in [0.2, 0.25) is 5.75 Å². The summed E-state index contributed by atoms with van der Waals surface area (Å²) in [6.07, 6.45) is 3.33. The van der Waals surface area contributed by atoms with Crippen LogP contribution in [0.3, 0.4) is 0 Å². The summed E-state index contributed by atoms with van der Waals surface area (Å²) >= 11 is 0. The van der Waals surface area contributed by atoms with E-state index in [-0.39, 0.29) is 23.4 Å². The van der Waals surface area contributed by atoms with Gasteiger partial charge in [0.15, 0.2) is 11.5 Å². The lowest BCUT2D eigenvalue weighted by atomic mass is 9.92. The van der Waals surface area contributed by atoms with Crippen LogP contribution in [0.2, 0.25) is 0 Å². The van der Waals surface area contributed by atoms with Crippen LogP contribution in [0.4, 0.5) is 0 Å². The van der Waals surface area contributed by atoms with Crippen molar-refractivity contribution in [1.29, 1.82) is 0 Å². The number of rotatable bonds is 8. The molecule has 4 N–H and O–H groups in total. The minimum Gasteiger partial charge on any atom is -0.508 e. The fourth-order valence-corrected chi connectivity index (χ4v) is 4.11. The number of methoxy groups -OCH3 is 1. The normalized spacial score (nSPS) is 21.4. The largest absolute Gasteiger partial charge is 0.508 e. The fraction of sp³-hybridized carbons (Fsp3) is 0.520. The van der Waals surface area contributed by atoms with Crippen molar-refractivity contribution in [3.05, 3.63) is 47.0 Å². The molecule has 1 aliphatic rings. The Morgan fingerprint density at radius 2 is 1.81 bits per heavy atom. The molecule has 6 heteroatoms. The Kier molecular flexibility index (Phi) is 7.68. The predicted molar refractivity (Wildman–Crippen MR) is 119 cm³/mol. The highest BCUT2D eigenvalue weighted by Gasteiger charge is 2.30. The molecular formula is C25H34O6. The molecule has 1 saturated heterocycles. The van der Waals surface area contributed by atoms with Gasteiger partial charge in [0.1, 0.15) is 5.75 Å². The molecule has 0 aromatic heterocycles. The van der Waals surface area contributed by atoms with Gasteiger partial charge in [-0.2, -0.15) is 0 Å². The van der Waals surface area contributed by atoms with Crippen LogP contribution in [0.1, 0.15) is 62.3 Å². The van der Waals surface area contributed by atoms with E-state index >= 15 is 0 Å². The van der Waals surface area contributed by atoms with Gasteiger partial charge >= 0.3 is 0 Å². The molecule has 0 aliphatic carbocycles. The van der Waals surface area contributed by atoms with E-state index in [4.69, 9.17) is 9.47 Å². The first-order valence-electron chi connectivity index (χ1n) is 11.0. The van der Waals surface area contributed by atoms with Gasteiger partial charge in [0, 0.05) is 6.42 Å². The maximum Gasteiger partial charge on any atom is 0.200 e. The lowest BCUT2D eigenvalue weighted by Gasteiger charge is -2.34. The summed E-state index contributed by atoms with van der Waals surface area (Å²) in [5.74, 6) is 0.519. The molecular weight excluding hydrogens is 396 g/mol. The molecule has 2 aromatic rings. The highest BCUT2D eigenvalue weighted by Crippen LogP contribution is 2.41. The minimum absolute atomic E-state index is 0.136. The van der Waals surface area contributed by atoms with Crippen LogP contribution in [0.5, 0.6) is 23.0 Å². The van der Waals surface area contributed by atoms with E-state index in [0.717, 1.165) is 36.8 Å². The van der Waals surface area contributed by atoms with Crippen LogP contribution in [0.15, 0.2) is 30.3 Å². The molecule has 0 radical (unpaired) electrons. The first kappa shape index (κ1) is 23.2. The first-order chi connectivity index (χ1) is 14.8. The SMILES string of the molecule is COc1cc(C2CC(O)CC(CCc3ccc(O)c(CCC(C)C)c3)O2)cc(O)c1O. The van der Waals surface area contributed by atoms with Gasteiger partial charge in [-0.15, -0.1) is 0 Å². The molecule has 0 spiro atoms. The van der Waals surface area contributed by atoms with E-state index in [2.05, 4.69) is 19.9 Å². The topological polar surface area (TPSA) is 99.4 Å². The van der Waals surface area contributed by atoms with E-state index in [1.165, 1.54) is 13.2 Å². The maximum absolute atomic E-state index is 10.4.